The Balaban J connectivity index is 1.37. The summed E-state index contributed by atoms with van der Waals surface area (Å²) in [5, 5.41) is 0. The van der Waals surface area contributed by atoms with Gasteiger partial charge in [0.15, 0.2) is 0 Å². The van der Waals surface area contributed by atoms with E-state index in [1.54, 1.807) is 6.92 Å². The Morgan fingerprint density at radius 1 is 1.18 bits per heavy atom. The second-order valence-electron chi connectivity index (χ2n) is 7.41. The van der Waals surface area contributed by atoms with Crippen LogP contribution in [0, 0.1) is 12.8 Å². The molecule has 0 radical (unpaired) electrons. The van der Waals surface area contributed by atoms with Crippen molar-refractivity contribution in [1.82, 2.24) is 4.98 Å². The van der Waals surface area contributed by atoms with E-state index in [4.69, 9.17) is 18.6 Å². The van der Waals surface area contributed by atoms with Crippen molar-refractivity contribution in [2.45, 2.75) is 51.7 Å². The molecular weight excluding hydrogens is 358 g/mol. The topological polar surface area (TPSA) is 70.8 Å². The Morgan fingerprint density at radius 3 is 2.57 bits per heavy atom. The standard InChI is InChI=1S/C22H29NO5/c1-16-19(23-20(28-16)18-11-7-5-8-12-18)13-9-4-6-10-17-14-26-22(2,27-15-17)21(24)25-3/h5,7-8,11-12,17H,4,6,9-10,13-15H2,1-3H3. The molecule has 1 fully saturated rings. The summed E-state index contributed by atoms with van der Waals surface area (Å²) in [7, 11) is 1.34. The molecule has 1 aromatic heterocycles. The summed E-state index contributed by atoms with van der Waals surface area (Å²) in [6.07, 6.45) is 5.20. The van der Waals surface area contributed by atoms with Crippen LogP contribution in [-0.4, -0.2) is 37.1 Å². The third kappa shape index (κ3) is 5.00. The third-order valence-electron chi connectivity index (χ3n) is 5.18. The fourth-order valence-corrected chi connectivity index (χ4v) is 3.38. The van der Waals surface area contributed by atoms with Crippen LogP contribution in [0.4, 0.5) is 0 Å². The quantitative estimate of drug-likeness (QED) is 0.497. The van der Waals surface area contributed by atoms with Crippen LogP contribution in [0.1, 0.15) is 44.1 Å². The lowest BCUT2D eigenvalue weighted by Crippen LogP contribution is -2.48. The molecule has 1 saturated heterocycles. The fraction of sp³-hybridized carbons (Fsp3) is 0.545. The zero-order valence-corrected chi connectivity index (χ0v) is 16.9. The predicted molar refractivity (Wildman–Crippen MR) is 105 cm³/mol. The molecule has 28 heavy (non-hydrogen) atoms. The summed E-state index contributed by atoms with van der Waals surface area (Å²) >= 11 is 0. The number of rotatable bonds is 8. The van der Waals surface area contributed by atoms with Gasteiger partial charge >= 0.3 is 5.97 Å². The highest BCUT2D eigenvalue weighted by Crippen LogP contribution is 2.26. The minimum Gasteiger partial charge on any atom is -0.465 e. The Labute approximate surface area is 166 Å². The number of carbonyl (C=O) groups is 1. The van der Waals surface area contributed by atoms with Gasteiger partial charge in [-0.2, -0.15) is 0 Å². The van der Waals surface area contributed by atoms with Crippen molar-refractivity contribution in [3.63, 3.8) is 0 Å². The molecule has 2 aromatic rings. The molecule has 0 bridgehead atoms. The minimum atomic E-state index is -1.26. The molecular formula is C22H29NO5. The van der Waals surface area contributed by atoms with Crippen molar-refractivity contribution < 1.29 is 23.4 Å². The fourth-order valence-electron chi connectivity index (χ4n) is 3.38. The van der Waals surface area contributed by atoms with Crippen LogP contribution in [0.2, 0.25) is 0 Å². The summed E-state index contributed by atoms with van der Waals surface area (Å²) in [5.41, 5.74) is 2.05. The molecule has 0 aliphatic carbocycles. The number of esters is 1. The molecule has 0 atom stereocenters. The third-order valence-corrected chi connectivity index (χ3v) is 5.18. The Kier molecular flexibility index (Phi) is 6.86. The van der Waals surface area contributed by atoms with E-state index in [9.17, 15) is 4.79 Å². The van der Waals surface area contributed by atoms with Gasteiger partial charge in [0.25, 0.3) is 5.79 Å². The number of hydrogen-bond donors (Lipinski definition) is 0. The second-order valence-corrected chi connectivity index (χ2v) is 7.41. The van der Waals surface area contributed by atoms with Crippen molar-refractivity contribution in [3.05, 3.63) is 41.8 Å². The molecule has 6 nitrogen and oxygen atoms in total. The van der Waals surface area contributed by atoms with Crippen molar-refractivity contribution in [2.24, 2.45) is 5.92 Å². The van der Waals surface area contributed by atoms with Gasteiger partial charge in [0.1, 0.15) is 5.76 Å². The van der Waals surface area contributed by atoms with Crippen LogP contribution in [0.5, 0.6) is 0 Å². The smallest absolute Gasteiger partial charge is 0.366 e. The summed E-state index contributed by atoms with van der Waals surface area (Å²) in [6.45, 7) is 4.63. The molecule has 6 heteroatoms. The van der Waals surface area contributed by atoms with Crippen LogP contribution in [0.3, 0.4) is 0 Å². The Hall–Kier alpha value is -2.18. The maximum absolute atomic E-state index is 11.7. The molecule has 1 aliphatic rings. The van der Waals surface area contributed by atoms with Crippen LogP contribution in [0.25, 0.3) is 11.5 Å². The number of hydrogen-bond acceptors (Lipinski definition) is 6. The number of methoxy groups -OCH3 is 1. The van der Waals surface area contributed by atoms with Gasteiger partial charge in [-0.25, -0.2) is 9.78 Å². The number of benzene rings is 1. The SMILES string of the molecule is COC(=O)C1(C)OCC(CCCCCc2nc(-c3ccccc3)oc2C)CO1. The van der Waals surface area contributed by atoms with E-state index in [-0.39, 0.29) is 0 Å². The first-order chi connectivity index (χ1) is 13.5. The maximum atomic E-state index is 11.7. The average molecular weight is 387 g/mol. The van der Waals surface area contributed by atoms with Crippen molar-refractivity contribution in [2.75, 3.05) is 20.3 Å². The number of nitrogens with zero attached hydrogens (tertiary/aromatic N) is 1. The van der Waals surface area contributed by atoms with Gasteiger partial charge in [0, 0.05) is 18.4 Å². The van der Waals surface area contributed by atoms with E-state index >= 15 is 0 Å². The molecule has 0 saturated carbocycles. The highest BCUT2D eigenvalue weighted by Gasteiger charge is 2.41. The van der Waals surface area contributed by atoms with Gasteiger partial charge in [0.05, 0.1) is 26.0 Å². The van der Waals surface area contributed by atoms with E-state index in [1.807, 2.05) is 37.3 Å². The number of ether oxygens (including phenoxy) is 3. The minimum absolute atomic E-state index is 0.316. The van der Waals surface area contributed by atoms with Gasteiger partial charge in [-0.05, 0) is 38.3 Å². The lowest BCUT2D eigenvalue weighted by atomic mass is 10.0. The molecule has 152 valence electrons. The summed E-state index contributed by atoms with van der Waals surface area (Å²) in [5.74, 6) is 0.167. The van der Waals surface area contributed by atoms with E-state index in [0.29, 0.717) is 25.0 Å². The maximum Gasteiger partial charge on any atom is 0.366 e. The number of oxazole rings is 1. The summed E-state index contributed by atoms with van der Waals surface area (Å²) in [6, 6.07) is 9.98. The number of carbonyl (C=O) groups excluding carboxylic acids is 1. The van der Waals surface area contributed by atoms with Crippen LogP contribution < -0.4 is 0 Å². The first-order valence-corrected chi connectivity index (χ1v) is 9.90. The molecule has 2 heterocycles. The number of unbranched alkanes of at least 4 members (excludes halogenated alkanes) is 2. The first kappa shape index (κ1) is 20.6. The van der Waals surface area contributed by atoms with E-state index in [0.717, 1.165) is 49.1 Å². The molecule has 3 rings (SSSR count). The van der Waals surface area contributed by atoms with Crippen LogP contribution in [-0.2, 0) is 25.4 Å². The van der Waals surface area contributed by atoms with Crippen LogP contribution >= 0.6 is 0 Å². The van der Waals surface area contributed by atoms with Crippen LogP contribution in [0.15, 0.2) is 34.7 Å². The molecule has 1 aliphatic heterocycles. The van der Waals surface area contributed by atoms with Gasteiger partial charge in [-0.1, -0.05) is 31.0 Å². The highest BCUT2D eigenvalue weighted by atomic mass is 16.7. The van der Waals surface area contributed by atoms with Gasteiger partial charge < -0.3 is 18.6 Å². The number of aromatic nitrogens is 1. The van der Waals surface area contributed by atoms with E-state index in [2.05, 4.69) is 4.98 Å². The highest BCUT2D eigenvalue weighted by molar-refractivity contribution is 5.77. The molecule has 0 amide bonds. The lowest BCUT2D eigenvalue weighted by molar-refractivity contribution is -0.272. The second kappa shape index (κ2) is 9.34. The zero-order chi connectivity index (χ0) is 20.0. The molecule has 0 spiro atoms. The summed E-state index contributed by atoms with van der Waals surface area (Å²) < 4.78 is 21.7. The van der Waals surface area contributed by atoms with E-state index in [1.165, 1.54) is 7.11 Å². The van der Waals surface area contributed by atoms with Gasteiger partial charge in [-0.15, -0.1) is 0 Å². The Bertz CT molecular complexity index is 762. The molecule has 0 unspecified atom stereocenters. The lowest BCUT2D eigenvalue weighted by Gasteiger charge is -2.35. The van der Waals surface area contributed by atoms with Crippen molar-refractivity contribution >= 4 is 5.97 Å². The first-order valence-electron chi connectivity index (χ1n) is 9.90. The van der Waals surface area contributed by atoms with Gasteiger partial charge in [0.2, 0.25) is 5.89 Å². The molecule has 1 aromatic carbocycles. The predicted octanol–water partition coefficient (Wildman–Crippen LogP) is 4.31. The van der Waals surface area contributed by atoms with Crippen molar-refractivity contribution in [1.29, 1.82) is 0 Å². The van der Waals surface area contributed by atoms with Gasteiger partial charge in [-0.3, -0.25) is 0 Å². The number of aryl methyl sites for hydroxylation is 2. The van der Waals surface area contributed by atoms with E-state index < -0.39 is 11.8 Å². The van der Waals surface area contributed by atoms with Crippen molar-refractivity contribution in [3.8, 4) is 11.5 Å². The Morgan fingerprint density at radius 2 is 1.89 bits per heavy atom. The average Bonchev–Trinajstić information content (AvgIpc) is 3.10. The summed E-state index contributed by atoms with van der Waals surface area (Å²) in [4.78, 5) is 16.3. The molecule has 0 N–H and O–H groups in total. The largest absolute Gasteiger partial charge is 0.465 e. The normalized spacial score (nSPS) is 22.2. The monoisotopic (exact) mass is 387 g/mol. The zero-order valence-electron chi connectivity index (χ0n) is 16.9.